The van der Waals surface area contributed by atoms with E-state index in [4.69, 9.17) is 32.7 Å². The molecule has 0 saturated heterocycles. The Morgan fingerprint density at radius 1 is 1.13 bits per heavy atom. The van der Waals surface area contributed by atoms with E-state index in [1.165, 1.54) is 0 Å². The standard InChI is InChI=1S/C17H18BrCl2NO2/c1-22-8-7-21-10-12-9-13(18)5-6-17(12)23-11-14-15(19)3-2-4-16(14)20/h2-6,9,21H,7-8,10-11H2,1H3. The second-order valence-electron chi connectivity index (χ2n) is 4.91. The predicted octanol–water partition coefficient (Wildman–Crippen LogP) is 5.07. The summed E-state index contributed by atoms with van der Waals surface area (Å²) >= 11 is 15.8. The zero-order valence-corrected chi connectivity index (χ0v) is 15.8. The number of nitrogens with one attached hydrogen (secondary N) is 1. The van der Waals surface area contributed by atoms with E-state index >= 15 is 0 Å². The van der Waals surface area contributed by atoms with Crippen molar-refractivity contribution in [1.82, 2.24) is 5.32 Å². The van der Waals surface area contributed by atoms with E-state index in [0.29, 0.717) is 29.8 Å². The van der Waals surface area contributed by atoms with Crippen molar-refractivity contribution in [3.8, 4) is 5.75 Å². The summed E-state index contributed by atoms with van der Waals surface area (Å²) in [5.41, 5.74) is 1.84. The van der Waals surface area contributed by atoms with Gasteiger partial charge in [-0.05, 0) is 30.3 Å². The summed E-state index contributed by atoms with van der Waals surface area (Å²) in [7, 11) is 1.68. The van der Waals surface area contributed by atoms with Gasteiger partial charge in [0.2, 0.25) is 0 Å². The lowest BCUT2D eigenvalue weighted by molar-refractivity contribution is 0.199. The highest BCUT2D eigenvalue weighted by Gasteiger charge is 2.09. The molecule has 0 heterocycles. The molecule has 0 bridgehead atoms. The molecule has 2 aromatic rings. The molecular formula is C17H18BrCl2NO2. The van der Waals surface area contributed by atoms with Crippen molar-refractivity contribution in [2.75, 3.05) is 20.3 Å². The highest BCUT2D eigenvalue weighted by atomic mass is 79.9. The van der Waals surface area contributed by atoms with Gasteiger partial charge in [0.1, 0.15) is 12.4 Å². The van der Waals surface area contributed by atoms with Crippen molar-refractivity contribution in [1.29, 1.82) is 0 Å². The fourth-order valence-electron chi connectivity index (χ4n) is 2.04. The molecule has 23 heavy (non-hydrogen) atoms. The first-order valence-corrected chi connectivity index (χ1v) is 8.70. The van der Waals surface area contributed by atoms with Gasteiger partial charge >= 0.3 is 0 Å². The number of rotatable bonds is 8. The minimum atomic E-state index is 0.325. The lowest BCUT2D eigenvalue weighted by Crippen LogP contribution is -2.19. The van der Waals surface area contributed by atoms with E-state index in [9.17, 15) is 0 Å². The summed E-state index contributed by atoms with van der Waals surface area (Å²) in [4.78, 5) is 0. The number of ether oxygens (including phenoxy) is 2. The first kappa shape index (κ1) is 18.6. The van der Waals surface area contributed by atoms with E-state index in [1.807, 2.05) is 24.3 Å². The topological polar surface area (TPSA) is 30.5 Å². The van der Waals surface area contributed by atoms with E-state index in [-0.39, 0.29) is 0 Å². The minimum Gasteiger partial charge on any atom is -0.488 e. The number of hydrogen-bond donors (Lipinski definition) is 1. The van der Waals surface area contributed by atoms with Crippen LogP contribution in [0.15, 0.2) is 40.9 Å². The van der Waals surface area contributed by atoms with Crippen LogP contribution in [0.2, 0.25) is 10.0 Å². The second-order valence-corrected chi connectivity index (χ2v) is 6.64. The summed E-state index contributed by atoms with van der Waals surface area (Å²) in [5, 5.41) is 4.53. The van der Waals surface area contributed by atoms with Crippen LogP contribution in [0.3, 0.4) is 0 Å². The molecule has 0 radical (unpaired) electrons. The van der Waals surface area contributed by atoms with Gasteiger partial charge in [-0.2, -0.15) is 0 Å². The molecule has 1 N–H and O–H groups in total. The van der Waals surface area contributed by atoms with Crippen molar-refractivity contribution in [2.24, 2.45) is 0 Å². The van der Waals surface area contributed by atoms with Gasteiger partial charge in [0, 0.05) is 45.8 Å². The van der Waals surface area contributed by atoms with Crippen molar-refractivity contribution < 1.29 is 9.47 Å². The summed E-state index contributed by atoms with van der Waals surface area (Å²) < 4.78 is 12.0. The molecule has 0 amide bonds. The molecule has 0 aliphatic heterocycles. The average Bonchev–Trinajstić information content (AvgIpc) is 2.52. The molecule has 2 aromatic carbocycles. The lowest BCUT2D eigenvalue weighted by atomic mass is 10.2. The molecule has 6 heteroatoms. The molecule has 2 rings (SSSR count). The van der Waals surface area contributed by atoms with Gasteiger partial charge in [-0.1, -0.05) is 45.2 Å². The first-order chi connectivity index (χ1) is 11.1. The van der Waals surface area contributed by atoms with Crippen LogP contribution in [0, 0.1) is 0 Å². The Labute approximate surface area is 155 Å². The van der Waals surface area contributed by atoms with Gasteiger partial charge in [0.05, 0.1) is 6.61 Å². The Kier molecular flexibility index (Phi) is 7.66. The molecule has 3 nitrogen and oxygen atoms in total. The van der Waals surface area contributed by atoms with Crippen LogP contribution in [0.4, 0.5) is 0 Å². The number of methoxy groups -OCH3 is 1. The Morgan fingerprint density at radius 3 is 2.57 bits per heavy atom. The lowest BCUT2D eigenvalue weighted by Gasteiger charge is -2.14. The summed E-state index contributed by atoms with van der Waals surface area (Å²) in [6.45, 7) is 2.46. The Balaban J connectivity index is 2.07. The molecule has 0 aliphatic carbocycles. The van der Waals surface area contributed by atoms with Crippen LogP contribution in [-0.4, -0.2) is 20.3 Å². The molecular weight excluding hydrogens is 401 g/mol. The van der Waals surface area contributed by atoms with Crippen molar-refractivity contribution in [3.63, 3.8) is 0 Å². The molecule has 124 valence electrons. The van der Waals surface area contributed by atoms with Crippen LogP contribution >= 0.6 is 39.1 Å². The first-order valence-electron chi connectivity index (χ1n) is 7.15. The third-order valence-electron chi connectivity index (χ3n) is 3.25. The minimum absolute atomic E-state index is 0.325. The van der Waals surface area contributed by atoms with E-state index in [1.54, 1.807) is 19.2 Å². The third-order valence-corrected chi connectivity index (χ3v) is 4.46. The zero-order valence-electron chi connectivity index (χ0n) is 12.7. The van der Waals surface area contributed by atoms with E-state index in [2.05, 4.69) is 21.2 Å². The highest BCUT2D eigenvalue weighted by molar-refractivity contribution is 9.10. The summed E-state index contributed by atoms with van der Waals surface area (Å²) in [5.74, 6) is 0.800. The summed E-state index contributed by atoms with van der Waals surface area (Å²) in [6.07, 6.45) is 0. The molecule has 0 spiro atoms. The second kappa shape index (κ2) is 9.50. The maximum absolute atomic E-state index is 6.18. The number of benzene rings is 2. The Morgan fingerprint density at radius 2 is 1.87 bits per heavy atom. The highest BCUT2D eigenvalue weighted by Crippen LogP contribution is 2.28. The quantitative estimate of drug-likeness (QED) is 0.607. The number of halogens is 3. The molecule has 0 aliphatic rings. The predicted molar refractivity (Wildman–Crippen MR) is 98.5 cm³/mol. The number of hydrogen-bond acceptors (Lipinski definition) is 3. The molecule has 0 atom stereocenters. The zero-order chi connectivity index (χ0) is 16.7. The molecule has 0 aromatic heterocycles. The van der Waals surface area contributed by atoms with Gasteiger partial charge in [-0.25, -0.2) is 0 Å². The summed E-state index contributed by atoms with van der Waals surface area (Å²) in [6, 6.07) is 11.3. The van der Waals surface area contributed by atoms with Crippen molar-refractivity contribution in [3.05, 3.63) is 62.0 Å². The van der Waals surface area contributed by atoms with Crippen molar-refractivity contribution in [2.45, 2.75) is 13.2 Å². The third kappa shape index (κ3) is 5.66. The van der Waals surface area contributed by atoms with Crippen molar-refractivity contribution >= 4 is 39.1 Å². The monoisotopic (exact) mass is 417 g/mol. The van der Waals surface area contributed by atoms with Crippen LogP contribution in [0.5, 0.6) is 5.75 Å². The van der Waals surface area contributed by atoms with E-state index < -0.39 is 0 Å². The molecule has 0 fully saturated rings. The SMILES string of the molecule is COCCNCc1cc(Br)ccc1OCc1c(Cl)cccc1Cl. The molecule has 0 unspecified atom stereocenters. The Hall–Kier alpha value is -0.780. The van der Waals surface area contributed by atoms with Crippen LogP contribution < -0.4 is 10.1 Å². The fraction of sp³-hybridized carbons (Fsp3) is 0.294. The largest absolute Gasteiger partial charge is 0.488 e. The average molecular weight is 419 g/mol. The van der Waals surface area contributed by atoms with Gasteiger partial charge < -0.3 is 14.8 Å². The van der Waals surface area contributed by atoms with Crippen LogP contribution in [0.1, 0.15) is 11.1 Å². The maximum Gasteiger partial charge on any atom is 0.124 e. The van der Waals surface area contributed by atoms with Crippen LogP contribution in [0.25, 0.3) is 0 Å². The van der Waals surface area contributed by atoms with Gasteiger partial charge in [0.25, 0.3) is 0 Å². The Bertz CT molecular complexity index is 632. The van der Waals surface area contributed by atoms with Gasteiger partial charge in [-0.3, -0.25) is 0 Å². The maximum atomic E-state index is 6.18. The fourth-order valence-corrected chi connectivity index (χ4v) is 2.96. The normalized spacial score (nSPS) is 10.8. The smallest absolute Gasteiger partial charge is 0.124 e. The van der Waals surface area contributed by atoms with Gasteiger partial charge in [-0.15, -0.1) is 0 Å². The van der Waals surface area contributed by atoms with E-state index in [0.717, 1.165) is 27.9 Å². The van der Waals surface area contributed by atoms with Crippen LogP contribution in [-0.2, 0) is 17.9 Å². The molecule has 0 saturated carbocycles. The van der Waals surface area contributed by atoms with Gasteiger partial charge in [0.15, 0.2) is 0 Å².